The Bertz CT molecular complexity index is 1420. The van der Waals surface area contributed by atoms with Crippen LogP contribution in [0.15, 0.2) is 54.6 Å². The molecule has 5 nitrogen and oxygen atoms in total. The van der Waals surface area contributed by atoms with Gasteiger partial charge in [-0.05, 0) is 102 Å². The molecule has 2 aliphatic carbocycles. The topological polar surface area (TPSA) is 54.0 Å². The first-order chi connectivity index (χ1) is 19.6. The summed E-state index contributed by atoms with van der Waals surface area (Å²) in [6, 6.07) is 17.1. The SMILES string of the molecule is COC(=O)[C@@H]1CC[C@@]12CCCc1ccc(OCc3ccc(-c4cc(OC)ccc4F)c([C@H](OC)C(C)(C)C)c3)cc12. The van der Waals surface area contributed by atoms with Crippen LogP contribution in [0.2, 0.25) is 0 Å². The minimum Gasteiger partial charge on any atom is -0.497 e. The summed E-state index contributed by atoms with van der Waals surface area (Å²) in [4.78, 5) is 12.5. The second kappa shape index (κ2) is 11.5. The molecular weight excluding hydrogens is 519 g/mol. The van der Waals surface area contributed by atoms with Gasteiger partial charge in [0.25, 0.3) is 0 Å². The summed E-state index contributed by atoms with van der Waals surface area (Å²) in [6.07, 6.45) is 4.69. The molecule has 5 rings (SSSR count). The van der Waals surface area contributed by atoms with Gasteiger partial charge >= 0.3 is 5.97 Å². The number of rotatable bonds is 8. The summed E-state index contributed by atoms with van der Waals surface area (Å²) in [6.45, 7) is 6.68. The van der Waals surface area contributed by atoms with Gasteiger partial charge in [0.2, 0.25) is 0 Å². The Labute approximate surface area is 243 Å². The fourth-order valence-electron chi connectivity index (χ4n) is 6.92. The zero-order valence-corrected chi connectivity index (χ0v) is 25.0. The number of carbonyl (C=O) groups excluding carboxylic acids is 1. The zero-order valence-electron chi connectivity index (χ0n) is 25.0. The molecule has 2 aliphatic rings. The van der Waals surface area contributed by atoms with Gasteiger partial charge in [-0.1, -0.05) is 39.0 Å². The number of carbonyl (C=O) groups is 1. The van der Waals surface area contributed by atoms with Gasteiger partial charge in [-0.2, -0.15) is 0 Å². The Kier molecular flexibility index (Phi) is 8.15. The number of benzene rings is 3. The standard InChI is InChI=1S/C35H41FO5/c1-34(2,3)32(39-5)28-18-22(9-13-26(28)27-19-24(38-4)12-14-31(27)36)21-41-25-11-10-23-8-7-16-35(30(23)20-25)17-15-29(35)33(37)40-6/h9-14,18-20,29,32H,7-8,15-17,21H2,1-6H3/t29-,32-,35-/m0/s1. The number of halogens is 1. The summed E-state index contributed by atoms with van der Waals surface area (Å²) >= 11 is 0. The van der Waals surface area contributed by atoms with Crippen LogP contribution in [0.4, 0.5) is 4.39 Å². The maximum atomic E-state index is 15.1. The third kappa shape index (κ3) is 5.46. The highest BCUT2D eigenvalue weighted by Gasteiger charge is 2.53. The van der Waals surface area contributed by atoms with Gasteiger partial charge in [0, 0.05) is 18.1 Å². The summed E-state index contributed by atoms with van der Waals surface area (Å²) in [5, 5.41) is 0. The van der Waals surface area contributed by atoms with Crippen molar-refractivity contribution < 1.29 is 28.1 Å². The predicted octanol–water partition coefficient (Wildman–Crippen LogP) is 7.97. The van der Waals surface area contributed by atoms with E-state index in [0.29, 0.717) is 17.9 Å². The summed E-state index contributed by atoms with van der Waals surface area (Å²) < 4.78 is 38.0. The van der Waals surface area contributed by atoms with Gasteiger partial charge < -0.3 is 18.9 Å². The van der Waals surface area contributed by atoms with Crippen molar-refractivity contribution >= 4 is 5.97 Å². The van der Waals surface area contributed by atoms with E-state index in [-0.39, 0.29) is 34.6 Å². The van der Waals surface area contributed by atoms with Crippen molar-refractivity contribution in [3.05, 3.63) is 82.7 Å². The Hall–Kier alpha value is -3.38. The molecule has 0 bridgehead atoms. The van der Waals surface area contributed by atoms with Crippen LogP contribution in [0.5, 0.6) is 11.5 Å². The van der Waals surface area contributed by atoms with Gasteiger partial charge in [-0.15, -0.1) is 0 Å². The molecule has 41 heavy (non-hydrogen) atoms. The lowest BCUT2D eigenvalue weighted by Crippen LogP contribution is -2.50. The first kappa shape index (κ1) is 29.1. The van der Waals surface area contributed by atoms with Crippen LogP contribution >= 0.6 is 0 Å². The van der Waals surface area contributed by atoms with Crippen molar-refractivity contribution in [3.8, 4) is 22.6 Å². The van der Waals surface area contributed by atoms with Gasteiger partial charge in [0.15, 0.2) is 0 Å². The molecule has 0 unspecified atom stereocenters. The lowest BCUT2D eigenvalue weighted by molar-refractivity contribution is -0.153. The van der Waals surface area contributed by atoms with Crippen molar-refractivity contribution in [2.45, 2.75) is 71.0 Å². The van der Waals surface area contributed by atoms with Crippen LogP contribution in [-0.4, -0.2) is 27.3 Å². The van der Waals surface area contributed by atoms with Gasteiger partial charge in [0.05, 0.1) is 26.2 Å². The molecule has 218 valence electrons. The Morgan fingerprint density at radius 2 is 1.76 bits per heavy atom. The fraction of sp³-hybridized carbons (Fsp3) is 0.457. The third-order valence-corrected chi connectivity index (χ3v) is 9.01. The van der Waals surface area contributed by atoms with Crippen LogP contribution in [0.3, 0.4) is 0 Å². The zero-order chi connectivity index (χ0) is 29.4. The average molecular weight is 561 g/mol. The van der Waals surface area contributed by atoms with Crippen molar-refractivity contribution in [1.29, 1.82) is 0 Å². The van der Waals surface area contributed by atoms with Gasteiger partial charge in [0.1, 0.15) is 23.9 Å². The largest absolute Gasteiger partial charge is 0.497 e. The Morgan fingerprint density at radius 1 is 0.976 bits per heavy atom. The predicted molar refractivity (Wildman–Crippen MR) is 158 cm³/mol. The highest BCUT2D eigenvalue weighted by molar-refractivity contribution is 5.76. The summed E-state index contributed by atoms with van der Waals surface area (Å²) in [7, 11) is 4.75. The molecule has 0 radical (unpaired) electrons. The van der Waals surface area contributed by atoms with Crippen LogP contribution in [-0.2, 0) is 32.7 Å². The van der Waals surface area contributed by atoms with E-state index in [1.807, 2.05) is 18.2 Å². The first-order valence-corrected chi connectivity index (χ1v) is 14.4. The van der Waals surface area contributed by atoms with Crippen LogP contribution in [0.1, 0.15) is 74.8 Å². The number of esters is 1. The smallest absolute Gasteiger partial charge is 0.309 e. The molecule has 0 amide bonds. The maximum Gasteiger partial charge on any atom is 0.309 e. The lowest BCUT2D eigenvalue weighted by atomic mass is 9.52. The molecular formula is C35H41FO5. The molecule has 3 atom stereocenters. The summed E-state index contributed by atoms with van der Waals surface area (Å²) in [5.41, 5.74) is 5.25. The molecule has 0 saturated heterocycles. The number of hydrogen-bond donors (Lipinski definition) is 0. The molecule has 1 saturated carbocycles. The molecule has 1 spiro atoms. The van der Waals surface area contributed by atoms with E-state index in [0.717, 1.165) is 54.5 Å². The van der Waals surface area contributed by atoms with E-state index in [1.165, 1.54) is 24.3 Å². The Balaban J connectivity index is 1.46. The fourth-order valence-corrected chi connectivity index (χ4v) is 6.92. The van der Waals surface area contributed by atoms with Gasteiger partial charge in [-0.25, -0.2) is 4.39 Å². The van der Waals surface area contributed by atoms with Crippen LogP contribution < -0.4 is 9.47 Å². The number of hydrogen-bond acceptors (Lipinski definition) is 5. The quantitative estimate of drug-likeness (QED) is 0.262. The van der Waals surface area contributed by atoms with E-state index in [4.69, 9.17) is 18.9 Å². The van der Waals surface area contributed by atoms with Crippen molar-refractivity contribution in [2.75, 3.05) is 21.3 Å². The second-order valence-electron chi connectivity index (χ2n) is 12.5. The summed E-state index contributed by atoms with van der Waals surface area (Å²) in [5.74, 6) is 0.864. The second-order valence-corrected chi connectivity index (χ2v) is 12.5. The molecule has 0 heterocycles. The van der Waals surface area contributed by atoms with Crippen molar-refractivity contribution in [2.24, 2.45) is 11.3 Å². The number of aryl methyl sites for hydroxylation is 1. The normalized spacial score (nSPS) is 20.6. The molecule has 3 aromatic rings. The van der Waals surface area contributed by atoms with Crippen molar-refractivity contribution in [3.63, 3.8) is 0 Å². The molecule has 0 aromatic heterocycles. The molecule has 1 fully saturated rings. The maximum absolute atomic E-state index is 15.1. The monoisotopic (exact) mass is 560 g/mol. The van der Waals surface area contributed by atoms with E-state index >= 15 is 4.39 Å². The Morgan fingerprint density at radius 3 is 2.41 bits per heavy atom. The van der Waals surface area contributed by atoms with E-state index in [9.17, 15) is 4.79 Å². The third-order valence-electron chi connectivity index (χ3n) is 9.01. The van der Waals surface area contributed by atoms with Gasteiger partial charge in [-0.3, -0.25) is 4.79 Å². The highest BCUT2D eigenvalue weighted by Crippen LogP contribution is 2.56. The van der Waals surface area contributed by atoms with E-state index < -0.39 is 0 Å². The van der Waals surface area contributed by atoms with Crippen LogP contribution in [0.25, 0.3) is 11.1 Å². The van der Waals surface area contributed by atoms with E-state index in [1.54, 1.807) is 26.4 Å². The lowest BCUT2D eigenvalue weighted by Gasteiger charge is -2.51. The molecule has 0 aliphatic heterocycles. The first-order valence-electron chi connectivity index (χ1n) is 14.4. The van der Waals surface area contributed by atoms with E-state index in [2.05, 4.69) is 39.0 Å². The highest BCUT2D eigenvalue weighted by atomic mass is 19.1. The molecule has 3 aromatic carbocycles. The number of fused-ring (bicyclic) bond motifs is 2. The minimum atomic E-state index is -0.316. The average Bonchev–Trinajstić information content (AvgIpc) is 2.95. The molecule has 6 heteroatoms. The molecule has 0 N–H and O–H groups in total. The van der Waals surface area contributed by atoms with Crippen molar-refractivity contribution in [1.82, 2.24) is 0 Å². The minimum absolute atomic E-state index is 0.0858. The number of ether oxygens (including phenoxy) is 4. The number of methoxy groups -OCH3 is 3. The van der Waals surface area contributed by atoms with Crippen LogP contribution in [0, 0.1) is 17.2 Å².